The molecule has 7 heteroatoms. The molecule has 0 aliphatic carbocycles. The fourth-order valence-electron chi connectivity index (χ4n) is 2.90. The molecule has 134 valence electrons. The van der Waals surface area contributed by atoms with Crippen LogP contribution in [0, 0.1) is 6.92 Å². The monoisotopic (exact) mass is 353 g/mol. The number of amides is 2. The number of hydrogen-bond donors (Lipinski definition) is 2. The van der Waals surface area contributed by atoms with Gasteiger partial charge in [-0.15, -0.1) is 0 Å². The Morgan fingerprint density at radius 3 is 2.62 bits per heavy atom. The van der Waals surface area contributed by atoms with Crippen LogP contribution in [0.1, 0.15) is 30.4 Å². The normalized spacial score (nSPS) is 18.4. The van der Waals surface area contributed by atoms with Gasteiger partial charge >= 0.3 is 6.03 Å². The van der Waals surface area contributed by atoms with E-state index in [9.17, 15) is 13.2 Å². The molecule has 0 bridgehead atoms. The molecule has 0 aromatic heterocycles. The maximum atomic E-state index is 12.4. The largest absolute Gasteiger partial charge is 0.338 e. The number of benzene rings is 1. The Labute approximate surface area is 144 Å². The van der Waals surface area contributed by atoms with Crippen LogP contribution in [0.4, 0.5) is 4.79 Å². The fraction of sp³-hybridized carbons (Fsp3) is 0.588. The molecular weight excluding hydrogens is 326 g/mol. The molecule has 0 spiro atoms. The van der Waals surface area contributed by atoms with Gasteiger partial charge in [0, 0.05) is 25.7 Å². The van der Waals surface area contributed by atoms with Gasteiger partial charge in [0.05, 0.1) is 6.26 Å². The van der Waals surface area contributed by atoms with Crippen molar-refractivity contribution in [2.45, 2.75) is 38.6 Å². The van der Waals surface area contributed by atoms with Crippen LogP contribution in [0.2, 0.25) is 0 Å². The maximum absolute atomic E-state index is 12.4. The van der Waals surface area contributed by atoms with Gasteiger partial charge in [-0.25, -0.2) is 17.9 Å². The van der Waals surface area contributed by atoms with Gasteiger partial charge in [0.25, 0.3) is 0 Å². The second-order valence-electron chi connectivity index (χ2n) is 6.43. The topological polar surface area (TPSA) is 78.5 Å². The molecule has 1 aliphatic heterocycles. The van der Waals surface area contributed by atoms with E-state index in [1.165, 1.54) is 11.1 Å². The molecule has 1 atom stereocenters. The lowest BCUT2D eigenvalue weighted by Gasteiger charge is -2.35. The van der Waals surface area contributed by atoms with E-state index in [2.05, 4.69) is 34.3 Å². The summed E-state index contributed by atoms with van der Waals surface area (Å²) in [6.07, 6.45) is 4.73. The van der Waals surface area contributed by atoms with Crippen LogP contribution in [0.15, 0.2) is 24.3 Å². The molecule has 1 aromatic rings. The lowest BCUT2D eigenvalue weighted by atomic mass is 10.0. The summed E-state index contributed by atoms with van der Waals surface area (Å²) in [6.45, 7) is 3.58. The first-order chi connectivity index (χ1) is 11.3. The highest BCUT2D eigenvalue weighted by Crippen LogP contribution is 2.16. The number of likely N-dealkylation sites (tertiary alicyclic amines) is 1. The third kappa shape index (κ3) is 6.13. The number of sulfonamides is 1. The Morgan fingerprint density at radius 2 is 1.96 bits per heavy atom. The standard InChI is InChI=1S/C17H27N3O3S/c1-14-6-8-15(9-7-14)10-11-18-17(21)20-12-4-3-5-16(20)13-19-24(2,22)23/h6-9,16,19H,3-5,10-13H2,1-2H3,(H,18,21). The zero-order chi connectivity index (χ0) is 17.6. The minimum Gasteiger partial charge on any atom is -0.338 e. The number of urea groups is 1. The molecule has 1 heterocycles. The first kappa shape index (κ1) is 18.7. The molecule has 2 amide bonds. The van der Waals surface area contributed by atoms with Crippen molar-refractivity contribution in [2.75, 3.05) is 25.9 Å². The highest BCUT2D eigenvalue weighted by molar-refractivity contribution is 7.88. The Kier molecular flexibility index (Phi) is 6.62. The third-order valence-electron chi connectivity index (χ3n) is 4.28. The van der Waals surface area contributed by atoms with Crippen molar-refractivity contribution in [1.29, 1.82) is 0 Å². The zero-order valence-corrected chi connectivity index (χ0v) is 15.2. The molecule has 2 rings (SSSR count). The van der Waals surface area contributed by atoms with Crippen LogP contribution in [-0.4, -0.2) is 51.3 Å². The van der Waals surface area contributed by atoms with Crippen molar-refractivity contribution in [2.24, 2.45) is 0 Å². The number of piperidine rings is 1. The second-order valence-corrected chi connectivity index (χ2v) is 8.26. The molecule has 1 unspecified atom stereocenters. The van der Waals surface area contributed by atoms with E-state index in [1.807, 2.05) is 6.92 Å². The van der Waals surface area contributed by atoms with E-state index in [0.717, 1.165) is 31.9 Å². The van der Waals surface area contributed by atoms with Gasteiger partial charge in [-0.1, -0.05) is 29.8 Å². The van der Waals surface area contributed by atoms with Crippen molar-refractivity contribution in [3.63, 3.8) is 0 Å². The third-order valence-corrected chi connectivity index (χ3v) is 4.97. The van der Waals surface area contributed by atoms with Gasteiger partial charge in [0.1, 0.15) is 0 Å². The molecule has 6 nitrogen and oxygen atoms in total. The van der Waals surface area contributed by atoms with Crippen LogP contribution < -0.4 is 10.0 Å². The quantitative estimate of drug-likeness (QED) is 0.816. The predicted octanol–water partition coefficient (Wildman–Crippen LogP) is 1.65. The number of nitrogens with one attached hydrogen (secondary N) is 2. The predicted molar refractivity (Wildman–Crippen MR) is 95.5 cm³/mol. The van der Waals surface area contributed by atoms with E-state index in [-0.39, 0.29) is 18.6 Å². The SMILES string of the molecule is Cc1ccc(CCNC(=O)N2CCCCC2CNS(C)(=O)=O)cc1. The molecule has 24 heavy (non-hydrogen) atoms. The van der Waals surface area contributed by atoms with Gasteiger partial charge in [-0.05, 0) is 38.2 Å². The van der Waals surface area contributed by atoms with E-state index in [4.69, 9.17) is 0 Å². The van der Waals surface area contributed by atoms with Gasteiger partial charge in [0.15, 0.2) is 0 Å². The van der Waals surface area contributed by atoms with Crippen LogP contribution in [-0.2, 0) is 16.4 Å². The number of nitrogens with zero attached hydrogens (tertiary/aromatic N) is 1. The second kappa shape index (κ2) is 8.48. The van der Waals surface area contributed by atoms with Gasteiger partial charge in [-0.2, -0.15) is 0 Å². The van der Waals surface area contributed by atoms with Crippen LogP contribution in [0.25, 0.3) is 0 Å². The minimum absolute atomic E-state index is 0.0761. The summed E-state index contributed by atoms with van der Waals surface area (Å²) in [7, 11) is -3.24. The highest BCUT2D eigenvalue weighted by Gasteiger charge is 2.26. The molecule has 1 fully saturated rings. The maximum Gasteiger partial charge on any atom is 0.317 e. The first-order valence-electron chi connectivity index (χ1n) is 8.40. The molecule has 2 N–H and O–H groups in total. The summed E-state index contributed by atoms with van der Waals surface area (Å²) in [5.41, 5.74) is 2.41. The minimum atomic E-state index is -3.24. The summed E-state index contributed by atoms with van der Waals surface area (Å²) < 4.78 is 25.1. The summed E-state index contributed by atoms with van der Waals surface area (Å²) in [6, 6.07) is 8.08. The molecular formula is C17H27N3O3S. The van der Waals surface area contributed by atoms with Crippen LogP contribution >= 0.6 is 0 Å². The van der Waals surface area contributed by atoms with E-state index >= 15 is 0 Å². The number of carbonyl (C=O) groups is 1. The molecule has 0 saturated carbocycles. The number of rotatable bonds is 6. The van der Waals surface area contributed by atoms with Crippen molar-refractivity contribution < 1.29 is 13.2 Å². The zero-order valence-electron chi connectivity index (χ0n) is 14.4. The Bertz CT molecular complexity index is 644. The molecule has 1 aliphatic rings. The highest BCUT2D eigenvalue weighted by atomic mass is 32.2. The van der Waals surface area contributed by atoms with Crippen LogP contribution in [0.3, 0.4) is 0 Å². The van der Waals surface area contributed by atoms with Crippen molar-refractivity contribution in [3.05, 3.63) is 35.4 Å². The van der Waals surface area contributed by atoms with E-state index < -0.39 is 10.0 Å². The Morgan fingerprint density at radius 1 is 1.25 bits per heavy atom. The van der Waals surface area contributed by atoms with Gasteiger partial charge < -0.3 is 10.2 Å². The molecule has 0 radical (unpaired) electrons. The Balaban J connectivity index is 1.83. The average molecular weight is 353 g/mol. The lowest BCUT2D eigenvalue weighted by molar-refractivity contribution is 0.152. The first-order valence-corrected chi connectivity index (χ1v) is 10.3. The molecule has 1 aromatic carbocycles. The number of aryl methyl sites for hydroxylation is 1. The van der Waals surface area contributed by atoms with Crippen LogP contribution in [0.5, 0.6) is 0 Å². The van der Waals surface area contributed by atoms with Crippen molar-refractivity contribution in [1.82, 2.24) is 14.9 Å². The smallest absolute Gasteiger partial charge is 0.317 e. The summed E-state index contributed by atoms with van der Waals surface area (Å²) in [4.78, 5) is 14.2. The summed E-state index contributed by atoms with van der Waals surface area (Å²) >= 11 is 0. The van der Waals surface area contributed by atoms with Crippen molar-refractivity contribution >= 4 is 16.1 Å². The van der Waals surface area contributed by atoms with E-state index in [1.54, 1.807) is 4.90 Å². The average Bonchev–Trinajstić information content (AvgIpc) is 2.54. The summed E-state index contributed by atoms with van der Waals surface area (Å²) in [5.74, 6) is 0. The van der Waals surface area contributed by atoms with Gasteiger partial charge in [0.2, 0.25) is 10.0 Å². The number of hydrogen-bond acceptors (Lipinski definition) is 3. The van der Waals surface area contributed by atoms with Gasteiger partial charge in [-0.3, -0.25) is 0 Å². The summed E-state index contributed by atoms with van der Waals surface area (Å²) in [5, 5.41) is 2.95. The molecule has 1 saturated heterocycles. The lowest BCUT2D eigenvalue weighted by Crippen LogP contribution is -2.52. The Hall–Kier alpha value is -1.60. The number of carbonyl (C=O) groups excluding carboxylic acids is 1. The van der Waals surface area contributed by atoms with E-state index in [0.29, 0.717) is 13.1 Å². The van der Waals surface area contributed by atoms with Crippen molar-refractivity contribution in [3.8, 4) is 0 Å². The fourth-order valence-corrected chi connectivity index (χ4v) is 3.39.